The van der Waals surface area contributed by atoms with Gasteiger partial charge >= 0.3 is 11.9 Å². The molecule has 1 aliphatic heterocycles. The van der Waals surface area contributed by atoms with Gasteiger partial charge in [-0.05, 0) is 30.2 Å². The molecule has 41 heavy (non-hydrogen) atoms. The fourth-order valence-electron chi connectivity index (χ4n) is 3.75. The summed E-state index contributed by atoms with van der Waals surface area (Å²) in [6, 6.07) is 1.32. The van der Waals surface area contributed by atoms with E-state index in [2.05, 4.69) is 10.3 Å². The van der Waals surface area contributed by atoms with Crippen molar-refractivity contribution in [2.24, 2.45) is 5.73 Å². The molecular formula is C25H37N3O12S. The average Bonchev–Trinajstić information content (AvgIpc) is 2.95. The molecule has 1 saturated heterocycles. The molecule has 4 unspecified atom stereocenters. The number of amides is 1. The van der Waals surface area contributed by atoms with Gasteiger partial charge in [-0.1, -0.05) is 6.07 Å². The number of ketones is 1. The van der Waals surface area contributed by atoms with E-state index in [4.69, 9.17) is 25.4 Å². The Bertz CT molecular complexity index is 1010. The molecule has 0 saturated carbocycles. The summed E-state index contributed by atoms with van der Waals surface area (Å²) in [6.45, 7) is -0.591. The fourth-order valence-corrected chi connectivity index (χ4v) is 4.77. The second-order valence-corrected chi connectivity index (χ2v) is 10.6. The Morgan fingerprint density at radius 2 is 1.80 bits per heavy atom. The van der Waals surface area contributed by atoms with E-state index in [0.29, 0.717) is 17.7 Å². The number of aliphatic hydroxyl groups excluding tert-OH is 4. The van der Waals surface area contributed by atoms with Gasteiger partial charge in [-0.3, -0.25) is 24.2 Å². The zero-order valence-corrected chi connectivity index (χ0v) is 23.0. The van der Waals surface area contributed by atoms with Gasteiger partial charge in [0.2, 0.25) is 5.91 Å². The Hall–Kier alpha value is -2.70. The Morgan fingerprint density at radius 3 is 2.41 bits per heavy atom. The Morgan fingerprint density at radius 1 is 1.07 bits per heavy atom. The maximum Gasteiger partial charge on any atom is 0.320 e. The van der Waals surface area contributed by atoms with E-state index in [1.165, 1.54) is 11.8 Å². The van der Waals surface area contributed by atoms with E-state index >= 15 is 0 Å². The highest BCUT2D eigenvalue weighted by Crippen LogP contribution is 2.23. The molecule has 16 heteroatoms. The minimum atomic E-state index is -1.54. The number of hydrogen-bond donors (Lipinski definition) is 8. The predicted molar refractivity (Wildman–Crippen MR) is 142 cm³/mol. The molecule has 230 valence electrons. The highest BCUT2D eigenvalue weighted by Gasteiger charge is 2.44. The number of aryl methyl sites for hydroxylation is 1. The molecule has 15 nitrogen and oxygen atoms in total. The highest BCUT2D eigenvalue weighted by atomic mass is 32.2. The summed E-state index contributed by atoms with van der Waals surface area (Å²) in [6.07, 6.45) is -5.76. The molecule has 0 aliphatic carbocycles. The molecule has 2 heterocycles. The predicted octanol–water partition coefficient (Wildman–Crippen LogP) is -2.22. The number of carboxylic acids is 2. The van der Waals surface area contributed by atoms with Crippen LogP contribution in [0.15, 0.2) is 18.3 Å². The number of nitrogens with one attached hydrogen (secondary N) is 1. The third kappa shape index (κ3) is 11.6. The van der Waals surface area contributed by atoms with E-state index in [1.54, 1.807) is 18.3 Å². The minimum Gasteiger partial charge on any atom is -0.481 e. The number of ether oxygens (including phenoxy) is 2. The maximum absolute atomic E-state index is 12.5. The quantitative estimate of drug-likeness (QED) is 0.0827. The second kappa shape index (κ2) is 17.3. The summed E-state index contributed by atoms with van der Waals surface area (Å²) in [5, 5.41) is 59.2. The number of thioether (sulfide) groups is 1. The topological polar surface area (TPSA) is 259 Å². The van der Waals surface area contributed by atoms with Crippen molar-refractivity contribution < 1.29 is 59.3 Å². The summed E-state index contributed by atoms with van der Waals surface area (Å²) >= 11 is 1.35. The lowest BCUT2D eigenvalue weighted by atomic mass is 9.99. The number of hydrogen-bond acceptors (Lipinski definition) is 13. The van der Waals surface area contributed by atoms with Crippen LogP contribution < -0.4 is 11.1 Å². The third-order valence-electron chi connectivity index (χ3n) is 6.24. The summed E-state index contributed by atoms with van der Waals surface area (Å²) in [5.74, 6) is -2.69. The van der Waals surface area contributed by atoms with Crippen LogP contribution in [0.25, 0.3) is 0 Å². The number of rotatable bonds is 18. The van der Waals surface area contributed by atoms with Crippen LogP contribution in [0.3, 0.4) is 0 Å². The van der Waals surface area contributed by atoms with Crippen molar-refractivity contribution in [2.75, 3.05) is 18.1 Å². The van der Waals surface area contributed by atoms with Crippen LogP contribution in [-0.2, 0) is 41.7 Å². The monoisotopic (exact) mass is 603 g/mol. The van der Waals surface area contributed by atoms with Crippen molar-refractivity contribution in [3.63, 3.8) is 0 Å². The first-order valence-electron chi connectivity index (χ1n) is 12.9. The number of nitrogens with two attached hydrogens (primary N) is 1. The van der Waals surface area contributed by atoms with Crippen molar-refractivity contribution in [2.45, 2.75) is 81.5 Å². The number of pyridine rings is 1. The smallest absolute Gasteiger partial charge is 0.320 e. The van der Waals surface area contributed by atoms with Crippen LogP contribution in [0.1, 0.15) is 36.9 Å². The normalized spacial score (nSPS) is 23.9. The summed E-state index contributed by atoms with van der Waals surface area (Å²) in [7, 11) is 0. The van der Waals surface area contributed by atoms with Gasteiger partial charge in [-0.25, -0.2) is 0 Å². The summed E-state index contributed by atoms with van der Waals surface area (Å²) in [4.78, 5) is 50.7. The van der Waals surface area contributed by atoms with Crippen LogP contribution >= 0.6 is 11.8 Å². The molecule has 2 rings (SSSR count). The first-order valence-corrected chi connectivity index (χ1v) is 14.0. The zero-order valence-electron chi connectivity index (χ0n) is 22.2. The first-order chi connectivity index (χ1) is 19.4. The van der Waals surface area contributed by atoms with Crippen molar-refractivity contribution in [1.29, 1.82) is 0 Å². The molecule has 0 bridgehead atoms. The van der Waals surface area contributed by atoms with Crippen molar-refractivity contribution >= 4 is 35.4 Å². The highest BCUT2D eigenvalue weighted by molar-refractivity contribution is 7.99. The lowest BCUT2D eigenvalue weighted by Gasteiger charge is -2.39. The van der Waals surface area contributed by atoms with Crippen molar-refractivity contribution in [3.8, 4) is 0 Å². The number of carbonyl (C=O) groups is 4. The van der Waals surface area contributed by atoms with Gasteiger partial charge in [0, 0.05) is 30.5 Å². The Labute approximate surface area is 240 Å². The fraction of sp³-hybridized carbons (Fsp3) is 0.640. The number of nitrogens with zero attached hydrogens (tertiary/aromatic N) is 1. The first kappa shape index (κ1) is 34.5. The number of aliphatic carboxylic acids is 2. The molecule has 9 N–H and O–H groups in total. The molecule has 1 fully saturated rings. The van der Waals surface area contributed by atoms with Crippen LogP contribution in [-0.4, -0.2) is 120 Å². The van der Waals surface area contributed by atoms with Crippen LogP contribution in [0, 0.1) is 0 Å². The molecule has 0 spiro atoms. The summed E-state index contributed by atoms with van der Waals surface area (Å²) in [5.41, 5.74) is 6.75. The maximum atomic E-state index is 12.5. The van der Waals surface area contributed by atoms with E-state index in [1.807, 2.05) is 0 Å². The number of aliphatic hydroxyl groups is 4. The molecule has 1 aromatic rings. The number of carbonyl (C=O) groups excluding carboxylic acids is 2. The number of Topliss-reactive ketones (excluding diaryl/α,β-unsaturated/α-hetero) is 1. The van der Waals surface area contributed by atoms with Crippen LogP contribution in [0.2, 0.25) is 0 Å². The van der Waals surface area contributed by atoms with Crippen molar-refractivity contribution in [1.82, 2.24) is 10.3 Å². The molecule has 7 atom stereocenters. The van der Waals surface area contributed by atoms with E-state index < -0.39 is 73.0 Å². The standard InChI is InChI=1S/C25H37N3O12S/c26-15(24(37)38)3-5-19(31)28-16(17(30)4-6-20(32)33)12-41-8-7-14-2-1-13(9-27-14)11-39-25-23(36)22(35)21(34)18(10-29)40-25/h1-2,9,15-16,18,21-23,25,29,34-36H,3-8,10-12,26H2,(H,28,31)(H,32,33)(H,37,38)/t15?,16?,18?,21-,22?,23+,25-/m0/s1. The largest absolute Gasteiger partial charge is 0.481 e. The van der Waals surface area contributed by atoms with Crippen LogP contribution in [0.4, 0.5) is 0 Å². The van der Waals surface area contributed by atoms with Crippen molar-refractivity contribution in [3.05, 3.63) is 29.6 Å². The van der Waals surface area contributed by atoms with E-state index in [-0.39, 0.29) is 38.0 Å². The number of carboxylic acid groups (broad SMARTS) is 2. The van der Waals surface area contributed by atoms with Gasteiger partial charge in [0.15, 0.2) is 12.1 Å². The van der Waals surface area contributed by atoms with Gasteiger partial charge in [0.1, 0.15) is 30.5 Å². The average molecular weight is 604 g/mol. The lowest BCUT2D eigenvalue weighted by molar-refractivity contribution is -0.304. The number of aromatic nitrogens is 1. The van der Waals surface area contributed by atoms with Gasteiger partial charge < -0.3 is 51.2 Å². The minimum absolute atomic E-state index is 0.0259. The van der Waals surface area contributed by atoms with Gasteiger partial charge in [-0.15, -0.1) is 0 Å². The van der Waals surface area contributed by atoms with Crippen LogP contribution in [0.5, 0.6) is 0 Å². The molecule has 0 aromatic carbocycles. The third-order valence-corrected chi connectivity index (χ3v) is 7.31. The van der Waals surface area contributed by atoms with E-state index in [9.17, 15) is 39.6 Å². The lowest BCUT2D eigenvalue weighted by Crippen LogP contribution is -2.59. The SMILES string of the molecule is NC(CCC(=O)NC(CSCCc1ccc(CO[C@H]2OC(CO)[C@H](O)C(O)[C@H]2O)cn1)C(=O)CCC(=O)O)C(=O)O. The van der Waals surface area contributed by atoms with E-state index in [0.717, 1.165) is 5.69 Å². The Kier molecular flexibility index (Phi) is 14.6. The molecular weight excluding hydrogens is 566 g/mol. The molecule has 0 radical (unpaired) electrons. The van der Waals surface area contributed by atoms with Gasteiger partial charge in [-0.2, -0.15) is 11.8 Å². The second-order valence-electron chi connectivity index (χ2n) is 9.45. The molecule has 1 amide bonds. The Balaban J connectivity index is 1.82. The zero-order chi connectivity index (χ0) is 30.5. The van der Waals surface area contributed by atoms with Gasteiger partial charge in [0.05, 0.1) is 25.7 Å². The van der Waals surface area contributed by atoms with Gasteiger partial charge in [0.25, 0.3) is 0 Å². The summed E-state index contributed by atoms with van der Waals surface area (Å²) < 4.78 is 10.8. The molecule has 1 aliphatic rings. The molecule has 1 aromatic heterocycles.